The molecule has 1 fully saturated rings. The van der Waals surface area contributed by atoms with Crippen molar-refractivity contribution in [3.63, 3.8) is 0 Å². The standard InChI is InChI=1S/C13H19NO3/c15-13(16)8-12-10-14(6-7-17-12)9-11-4-2-1-3-5-11/h1-2,4,12H,3,5-10H2,(H,15,16). The molecule has 17 heavy (non-hydrogen) atoms. The summed E-state index contributed by atoms with van der Waals surface area (Å²) in [5, 5.41) is 8.75. The lowest BCUT2D eigenvalue weighted by Crippen LogP contribution is -2.44. The number of carbonyl (C=O) groups is 1. The molecule has 94 valence electrons. The molecule has 0 aromatic heterocycles. The van der Waals surface area contributed by atoms with Gasteiger partial charge in [0.1, 0.15) is 0 Å². The summed E-state index contributed by atoms with van der Waals surface area (Å²) in [5.74, 6) is -0.781. The fraction of sp³-hybridized carbons (Fsp3) is 0.615. The maximum absolute atomic E-state index is 10.6. The van der Waals surface area contributed by atoms with Crippen molar-refractivity contribution in [3.05, 3.63) is 23.8 Å². The molecule has 0 amide bonds. The molecule has 2 aliphatic rings. The van der Waals surface area contributed by atoms with Gasteiger partial charge in [0.05, 0.1) is 19.1 Å². The first-order valence-corrected chi connectivity index (χ1v) is 6.14. The van der Waals surface area contributed by atoms with E-state index in [0.29, 0.717) is 6.61 Å². The maximum Gasteiger partial charge on any atom is 0.306 e. The first-order valence-electron chi connectivity index (χ1n) is 6.14. The average Bonchev–Trinajstić information content (AvgIpc) is 2.30. The van der Waals surface area contributed by atoms with E-state index in [4.69, 9.17) is 9.84 Å². The molecule has 1 atom stereocenters. The van der Waals surface area contributed by atoms with Gasteiger partial charge in [0, 0.05) is 19.6 Å². The van der Waals surface area contributed by atoms with E-state index in [2.05, 4.69) is 23.1 Å². The van der Waals surface area contributed by atoms with Gasteiger partial charge in [-0.05, 0) is 12.8 Å². The van der Waals surface area contributed by atoms with Gasteiger partial charge in [-0.3, -0.25) is 9.69 Å². The van der Waals surface area contributed by atoms with Crippen molar-refractivity contribution in [1.82, 2.24) is 4.90 Å². The minimum Gasteiger partial charge on any atom is -0.481 e. The molecule has 0 bridgehead atoms. The van der Waals surface area contributed by atoms with Crippen LogP contribution >= 0.6 is 0 Å². The highest BCUT2D eigenvalue weighted by Gasteiger charge is 2.23. The van der Waals surface area contributed by atoms with Crippen LogP contribution < -0.4 is 0 Å². The number of ether oxygens (including phenoxy) is 1. The third kappa shape index (κ3) is 3.98. The smallest absolute Gasteiger partial charge is 0.306 e. The van der Waals surface area contributed by atoms with Crippen LogP contribution in [-0.4, -0.2) is 48.3 Å². The van der Waals surface area contributed by atoms with Crippen molar-refractivity contribution in [1.29, 1.82) is 0 Å². The van der Waals surface area contributed by atoms with E-state index >= 15 is 0 Å². The monoisotopic (exact) mass is 237 g/mol. The lowest BCUT2D eigenvalue weighted by atomic mass is 10.0. The third-order valence-corrected chi connectivity index (χ3v) is 3.15. The lowest BCUT2D eigenvalue weighted by molar-refractivity contribution is -0.142. The van der Waals surface area contributed by atoms with Crippen molar-refractivity contribution in [2.45, 2.75) is 25.4 Å². The highest BCUT2D eigenvalue weighted by Crippen LogP contribution is 2.16. The predicted molar refractivity (Wildman–Crippen MR) is 64.9 cm³/mol. The topological polar surface area (TPSA) is 49.8 Å². The van der Waals surface area contributed by atoms with Crippen LogP contribution in [-0.2, 0) is 9.53 Å². The molecule has 0 saturated carbocycles. The number of rotatable bonds is 4. The minimum atomic E-state index is -0.781. The first kappa shape index (κ1) is 12.3. The van der Waals surface area contributed by atoms with Crippen LogP contribution in [0.5, 0.6) is 0 Å². The Hall–Kier alpha value is -1.13. The van der Waals surface area contributed by atoms with Gasteiger partial charge in [0.15, 0.2) is 0 Å². The Morgan fingerprint density at radius 3 is 3.18 bits per heavy atom. The van der Waals surface area contributed by atoms with Gasteiger partial charge >= 0.3 is 5.97 Å². The maximum atomic E-state index is 10.6. The second kappa shape index (κ2) is 5.98. The number of nitrogens with zero attached hydrogens (tertiary/aromatic N) is 1. The summed E-state index contributed by atoms with van der Waals surface area (Å²) in [5.41, 5.74) is 1.43. The second-order valence-electron chi connectivity index (χ2n) is 4.62. The molecule has 4 heteroatoms. The number of carboxylic acids is 1. The Balaban J connectivity index is 1.82. The number of carboxylic acid groups (broad SMARTS) is 1. The molecular weight excluding hydrogens is 218 g/mol. The van der Waals surface area contributed by atoms with Gasteiger partial charge in [0.2, 0.25) is 0 Å². The number of morpholine rings is 1. The average molecular weight is 237 g/mol. The highest BCUT2D eigenvalue weighted by atomic mass is 16.5. The SMILES string of the molecule is O=C(O)CC1CN(CC2=CC=CCC2)CCO1. The van der Waals surface area contributed by atoms with Gasteiger partial charge in [-0.15, -0.1) is 0 Å². The van der Waals surface area contributed by atoms with E-state index in [1.165, 1.54) is 5.57 Å². The molecular formula is C13H19NO3. The number of hydrogen-bond acceptors (Lipinski definition) is 3. The van der Waals surface area contributed by atoms with Gasteiger partial charge in [0.25, 0.3) is 0 Å². The Kier molecular flexibility index (Phi) is 4.34. The summed E-state index contributed by atoms with van der Waals surface area (Å²) in [4.78, 5) is 12.9. The zero-order chi connectivity index (χ0) is 12.1. The zero-order valence-electron chi connectivity index (χ0n) is 9.97. The Morgan fingerprint density at radius 2 is 2.47 bits per heavy atom. The van der Waals surface area contributed by atoms with Crippen LogP contribution in [0.1, 0.15) is 19.3 Å². The van der Waals surface area contributed by atoms with Gasteiger partial charge in [-0.1, -0.05) is 23.8 Å². The van der Waals surface area contributed by atoms with E-state index in [1.807, 2.05) is 0 Å². The quantitative estimate of drug-likeness (QED) is 0.803. The van der Waals surface area contributed by atoms with Crippen molar-refractivity contribution >= 4 is 5.97 Å². The Labute approximate surface area is 102 Å². The predicted octanol–water partition coefficient (Wildman–Crippen LogP) is 1.44. The van der Waals surface area contributed by atoms with E-state index < -0.39 is 5.97 Å². The van der Waals surface area contributed by atoms with Gasteiger partial charge < -0.3 is 9.84 Å². The highest BCUT2D eigenvalue weighted by molar-refractivity contribution is 5.67. The Morgan fingerprint density at radius 1 is 1.59 bits per heavy atom. The van der Waals surface area contributed by atoms with E-state index in [0.717, 1.165) is 32.5 Å². The molecule has 1 unspecified atom stereocenters. The molecule has 1 saturated heterocycles. The molecule has 0 radical (unpaired) electrons. The van der Waals surface area contributed by atoms with Crippen LogP contribution in [0.4, 0.5) is 0 Å². The molecule has 1 aliphatic carbocycles. The van der Waals surface area contributed by atoms with Crippen molar-refractivity contribution in [2.24, 2.45) is 0 Å². The van der Waals surface area contributed by atoms with Crippen LogP contribution in [0, 0.1) is 0 Å². The number of aliphatic carboxylic acids is 1. The van der Waals surface area contributed by atoms with Gasteiger partial charge in [-0.25, -0.2) is 0 Å². The summed E-state index contributed by atoms with van der Waals surface area (Å²) in [7, 11) is 0. The minimum absolute atomic E-state index is 0.107. The summed E-state index contributed by atoms with van der Waals surface area (Å²) >= 11 is 0. The number of allylic oxidation sites excluding steroid dienone is 3. The Bertz CT molecular complexity index is 336. The van der Waals surface area contributed by atoms with Gasteiger partial charge in [-0.2, -0.15) is 0 Å². The normalized spacial score (nSPS) is 25.6. The van der Waals surface area contributed by atoms with Crippen molar-refractivity contribution in [2.75, 3.05) is 26.2 Å². The molecule has 4 nitrogen and oxygen atoms in total. The van der Waals surface area contributed by atoms with Crippen molar-refractivity contribution in [3.8, 4) is 0 Å². The third-order valence-electron chi connectivity index (χ3n) is 3.15. The fourth-order valence-electron chi connectivity index (χ4n) is 2.31. The summed E-state index contributed by atoms with van der Waals surface area (Å²) in [6, 6.07) is 0. The van der Waals surface area contributed by atoms with E-state index in [1.54, 1.807) is 0 Å². The second-order valence-corrected chi connectivity index (χ2v) is 4.62. The summed E-state index contributed by atoms with van der Waals surface area (Å²) < 4.78 is 5.45. The molecule has 0 aromatic rings. The number of hydrogen-bond donors (Lipinski definition) is 1. The van der Waals surface area contributed by atoms with Crippen LogP contribution in [0.2, 0.25) is 0 Å². The van der Waals surface area contributed by atoms with Crippen LogP contribution in [0.3, 0.4) is 0 Å². The summed E-state index contributed by atoms with van der Waals surface area (Å²) in [6.07, 6.45) is 8.65. The van der Waals surface area contributed by atoms with E-state index in [-0.39, 0.29) is 12.5 Å². The molecule has 2 rings (SSSR count). The van der Waals surface area contributed by atoms with Crippen LogP contribution in [0.25, 0.3) is 0 Å². The lowest BCUT2D eigenvalue weighted by Gasteiger charge is -2.33. The zero-order valence-corrected chi connectivity index (χ0v) is 9.97. The van der Waals surface area contributed by atoms with E-state index in [9.17, 15) is 4.79 Å². The molecule has 1 aliphatic heterocycles. The molecule has 1 N–H and O–H groups in total. The summed E-state index contributed by atoms with van der Waals surface area (Å²) in [6.45, 7) is 3.22. The fourth-order valence-corrected chi connectivity index (χ4v) is 2.31. The molecule has 0 spiro atoms. The largest absolute Gasteiger partial charge is 0.481 e. The first-order chi connectivity index (χ1) is 8.24. The van der Waals surface area contributed by atoms with Crippen LogP contribution in [0.15, 0.2) is 23.8 Å². The van der Waals surface area contributed by atoms with Crippen molar-refractivity contribution < 1.29 is 14.6 Å². The molecule has 0 aromatic carbocycles. The molecule has 1 heterocycles.